The third-order valence-electron chi connectivity index (χ3n) is 4.03. The van der Waals surface area contributed by atoms with Crippen molar-refractivity contribution in [2.75, 3.05) is 0 Å². The molecule has 0 spiro atoms. The summed E-state index contributed by atoms with van der Waals surface area (Å²) in [4.78, 5) is 0. The maximum Gasteiger partial charge on any atom is 0.108 e. The molecule has 1 N–H and O–H groups in total. The highest BCUT2D eigenvalue weighted by atomic mass is 79.9. The van der Waals surface area contributed by atoms with Crippen molar-refractivity contribution in [1.82, 2.24) is 9.78 Å². The van der Waals surface area contributed by atoms with Gasteiger partial charge in [0.1, 0.15) is 5.60 Å². The summed E-state index contributed by atoms with van der Waals surface area (Å²) in [5, 5.41) is 15.7. The number of aliphatic hydroxyl groups is 1. The lowest BCUT2D eigenvalue weighted by atomic mass is 9.59. The van der Waals surface area contributed by atoms with Crippen molar-refractivity contribution in [1.29, 1.82) is 0 Å². The van der Waals surface area contributed by atoms with Gasteiger partial charge in [0.15, 0.2) is 0 Å². The van der Waals surface area contributed by atoms with Crippen LogP contribution in [0.25, 0.3) is 0 Å². The van der Waals surface area contributed by atoms with Gasteiger partial charge in [-0.3, -0.25) is 4.68 Å². The summed E-state index contributed by atoms with van der Waals surface area (Å²) in [6.07, 6.45) is 4.51. The van der Waals surface area contributed by atoms with Crippen LogP contribution in [-0.4, -0.2) is 14.9 Å². The molecule has 0 aromatic carbocycles. The Kier molecular flexibility index (Phi) is 3.63. The van der Waals surface area contributed by atoms with Crippen molar-refractivity contribution in [2.24, 2.45) is 10.8 Å². The smallest absolute Gasteiger partial charge is 0.108 e. The van der Waals surface area contributed by atoms with E-state index >= 15 is 0 Å². The summed E-state index contributed by atoms with van der Waals surface area (Å²) in [5.41, 5.74) is 0.421. The van der Waals surface area contributed by atoms with Gasteiger partial charge in [0.05, 0.1) is 16.4 Å². The Balaban J connectivity index is 2.49. The molecule has 0 atom stereocenters. The molecule has 0 unspecified atom stereocenters. The molecule has 0 bridgehead atoms. The van der Waals surface area contributed by atoms with Crippen molar-refractivity contribution in [3.8, 4) is 0 Å². The highest BCUT2D eigenvalue weighted by Gasteiger charge is 2.49. The van der Waals surface area contributed by atoms with Crippen molar-refractivity contribution in [3.05, 3.63) is 16.4 Å². The Bertz CT molecular complexity index is 460. The Labute approximate surface area is 124 Å². The first-order valence-electron chi connectivity index (χ1n) is 7.03. The molecule has 0 amide bonds. The van der Waals surface area contributed by atoms with E-state index in [1.807, 2.05) is 4.68 Å². The van der Waals surface area contributed by atoms with E-state index in [0.717, 1.165) is 36.0 Å². The third-order valence-corrected chi connectivity index (χ3v) is 4.61. The molecule has 1 heterocycles. The fraction of sp³-hybridized carbons (Fsp3) is 0.800. The van der Waals surface area contributed by atoms with Gasteiger partial charge in [-0.1, -0.05) is 27.7 Å². The highest BCUT2D eigenvalue weighted by molar-refractivity contribution is 9.10. The minimum atomic E-state index is -0.795. The van der Waals surface area contributed by atoms with E-state index in [9.17, 15) is 5.11 Å². The maximum atomic E-state index is 11.3. The first-order chi connectivity index (χ1) is 8.59. The normalized spacial score (nSPS) is 24.4. The Morgan fingerprint density at radius 3 is 2.21 bits per heavy atom. The van der Waals surface area contributed by atoms with Crippen LogP contribution >= 0.6 is 15.9 Å². The van der Waals surface area contributed by atoms with Crippen LogP contribution in [0.5, 0.6) is 0 Å². The summed E-state index contributed by atoms with van der Waals surface area (Å²) >= 11 is 3.56. The van der Waals surface area contributed by atoms with Gasteiger partial charge in [-0.25, -0.2) is 0 Å². The number of rotatable bonds is 2. The second-order valence-corrected chi connectivity index (χ2v) is 8.40. The fourth-order valence-corrected chi connectivity index (χ4v) is 4.96. The summed E-state index contributed by atoms with van der Waals surface area (Å²) in [6, 6.07) is 0. The van der Waals surface area contributed by atoms with Crippen LogP contribution in [0, 0.1) is 10.8 Å². The van der Waals surface area contributed by atoms with Crippen molar-refractivity contribution in [3.63, 3.8) is 0 Å². The van der Waals surface area contributed by atoms with Gasteiger partial charge in [0, 0.05) is 6.54 Å². The molecule has 19 heavy (non-hydrogen) atoms. The van der Waals surface area contributed by atoms with Crippen LogP contribution in [0.3, 0.4) is 0 Å². The molecule has 1 aliphatic rings. The molecule has 0 saturated heterocycles. The van der Waals surface area contributed by atoms with E-state index in [1.165, 1.54) is 0 Å². The first kappa shape index (κ1) is 15.0. The van der Waals surface area contributed by atoms with Gasteiger partial charge < -0.3 is 5.11 Å². The Hall–Kier alpha value is -0.350. The zero-order valence-corrected chi connectivity index (χ0v) is 14.2. The van der Waals surface area contributed by atoms with E-state index in [4.69, 9.17) is 0 Å². The highest BCUT2D eigenvalue weighted by Crippen LogP contribution is 2.54. The van der Waals surface area contributed by atoms with Gasteiger partial charge in [0.2, 0.25) is 0 Å². The number of aryl methyl sites for hydroxylation is 1. The monoisotopic (exact) mass is 328 g/mol. The van der Waals surface area contributed by atoms with E-state index in [0.29, 0.717) is 0 Å². The number of hydrogen-bond donors (Lipinski definition) is 1. The third kappa shape index (κ3) is 2.89. The lowest BCUT2D eigenvalue weighted by Gasteiger charge is -2.49. The standard InChI is InChI=1S/C15H25BrN2O/c1-6-18-12(11(16)7-17-18)15(19)9-13(2,3)8-14(4,5)10-15/h7,19H,6,8-10H2,1-5H3. The van der Waals surface area contributed by atoms with E-state index in [2.05, 4.69) is 55.6 Å². The van der Waals surface area contributed by atoms with Crippen LogP contribution in [0.15, 0.2) is 10.7 Å². The number of nitrogens with zero attached hydrogens (tertiary/aromatic N) is 2. The molecule has 1 fully saturated rings. The van der Waals surface area contributed by atoms with Crippen LogP contribution in [0.2, 0.25) is 0 Å². The van der Waals surface area contributed by atoms with Crippen molar-refractivity contribution >= 4 is 15.9 Å². The lowest BCUT2D eigenvalue weighted by Crippen LogP contribution is -2.45. The van der Waals surface area contributed by atoms with Gasteiger partial charge in [-0.05, 0) is 52.9 Å². The SMILES string of the molecule is CCn1ncc(Br)c1C1(O)CC(C)(C)CC(C)(C)C1. The predicted octanol–water partition coefficient (Wildman–Crippen LogP) is 4.09. The first-order valence-corrected chi connectivity index (χ1v) is 7.82. The zero-order valence-electron chi connectivity index (χ0n) is 12.6. The van der Waals surface area contributed by atoms with Crippen LogP contribution in [-0.2, 0) is 12.1 Å². The average molecular weight is 329 g/mol. The van der Waals surface area contributed by atoms with Crippen LogP contribution in [0.1, 0.15) is 59.6 Å². The van der Waals surface area contributed by atoms with Crippen molar-refractivity contribution in [2.45, 2.75) is 66.0 Å². The largest absolute Gasteiger partial charge is 0.383 e. The van der Waals surface area contributed by atoms with E-state index < -0.39 is 5.60 Å². The zero-order chi connectivity index (χ0) is 14.5. The van der Waals surface area contributed by atoms with Crippen LogP contribution in [0.4, 0.5) is 0 Å². The van der Waals surface area contributed by atoms with Gasteiger partial charge in [-0.2, -0.15) is 5.10 Å². The maximum absolute atomic E-state index is 11.3. The number of halogens is 1. The van der Waals surface area contributed by atoms with Gasteiger partial charge in [0.25, 0.3) is 0 Å². The summed E-state index contributed by atoms with van der Waals surface area (Å²) < 4.78 is 2.84. The molecule has 1 aliphatic carbocycles. The summed E-state index contributed by atoms with van der Waals surface area (Å²) in [6.45, 7) is 11.8. The van der Waals surface area contributed by atoms with Gasteiger partial charge in [-0.15, -0.1) is 0 Å². The molecular formula is C15H25BrN2O. The molecule has 0 aliphatic heterocycles. The molecule has 0 radical (unpaired) electrons. The predicted molar refractivity (Wildman–Crippen MR) is 80.9 cm³/mol. The second-order valence-electron chi connectivity index (χ2n) is 7.55. The molecule has 2 rings (SSSR count). The number of hydrogen-bond acceptors (Lipinski definition) is 2. The molecule has 3 nitrogen and oxygen atoms in total. The molecule has 1 saturated carbocycles. The molecule has 108 valence electrons. The van der Waals surface area contributed by atoms with E-state index in [1.54, 1.807) is 6.20 Å². The quantitative estimate of drug-likeness (QED) is 0.887. The van der Waals surface area contributed by atoms with Crippen LogP contribution < -0.4 is 0 Å². The molecular weight excluding hydrogens is 304 g/mol. The minimum absolute atomic E-state index is 0.138. The second kappa shape index (κ2) is 4.59. The topological polar surface area (TPSA) is 38.0 Å². The fourth-order valence-electron chi connectivity index (χ4n) is 4.30. The summed E-state index contributed by atoms with van der Waals surface area (Å²) in [7, 11) is 0. The number of aromatic nitrogens is 2. The average Bonchev–Trinajstić information content (AvgIpc) is 2.54. The minimum Gasteiger partial charge on any atom is -0.383 e. The molecule has 1 aromatic heterocycles. The Morgan fingerprint density at radius 1 is 1.21 bits per heavy atom. The van der Waals surface area contributed by atoms with Gasteiger partial charge >= 0.3 is 0 Å². The summed E-state index contributed by atoms with van der Waals surface area (Å²) in [5.74, 6) is 0. The lowest BCUT2D eigenvalue weighted by molar-refractivity contribution is -0.0967. The van der Waals surface area contributed by atoms with Crippen molar-refractivity contribution < 1.29 is 5.11 Å². The Morgan fingerprint density at radius 2 is 1.74 bits per heavy atom. The molecule has 4 heteroatoms. The van der Waals surface area contributed by atoms with E-state index in [-0.39, 0.29) is 10.8 Å². The molecule has 1 aromatic rings.